The predicted octanol–water partition coefficient (Wildman–Crippen LogP) is 3.31. The van der Waals surface area contributed by atoms with Crippen molar-refractivity contribution < 1.29 is 17.9 Å². The van der Waals surface area contributed by atoms with E-state index in [0.717, 1.165) is 25.0 Å². The summed E-state index contributed by atoms with van der Waals surface area (Å²) in [6, 6.07) is 6.09. The third-order valence-electron chi connectivity index (χ3n) is 2.93. The van der Waals surface area contributed by atoms with Crippen LogP contribution in [0.2, 0.25) is 0 Å². The van der Waals surface area contributed by atoms with Gasteiger partial charge in [-0.2, -0.15) is 28.8 Å². The Labute approximate surface area is 124 Å². The van der Waals surface area contributed by atoms with E-state index in [1.807, 2.05) is 0 Å². The zero-order chi connectivity index (χ0) is 16.2. The molecule has 2 rings (SSSR count). The highest BCUT2D eigenvalue weighted by Crippen LogP contribution is 2.35. The first-order valence-electron chi connectivity index (χ1n) is 6.41. The van der Waals surface area contributed by atoms with Crippen molar-refractivity contribution >= 4 is 11.4 Å². The molecule has 0 radical (unpaired) electrons. The summed E-state index contributed by atoms with van der Waals surface area (Å²) in [4.78, 5) is 0. The lowest BCUT2D eigenvalue weighted by Crippen LogP contribution is -2.08. The molecule has 1 aromatic rings. The van der Waals surface area contributed by atoms with E-state index < -0.39 is 17.5 Å². The topological polar surface area (TPSA) is 81.2 Å². The molecule has 22 heavy (non-hydrogen) atoms. The van der Waals surface area contributed by atoms with Crippen molar-refractivity contribution in [2.24, 2.45) is 11.0 Å². The van der Waals surface area contributed by atoms with Crippen LogP contribution in [0.4, 0.5) is 18.9 Å². The van der Waals surface area contributed by atoms with Crippen molar-refractivity contribution in [1.82, 2.24) is 0 Å². The van der Waals surface area contributed by atoms with Crippen molar-refractivity contribution in [3.8, 4) is 17.9 Å². The Hall–Kier alpha value is -2.74. The average Bonchev–Trinajstić information content (AvgIpc) is 3.29. The van der Waals surface area contributed by atoms with Crippen LogP contribution in [-0.4, -0.2) is 12.3 Å². The summed E-state index contributed by atoms with van der Waals surface area (Å²) in [5.74, 6) is 0.461. The van der Waals surface area contributed by atoms with Crippen LogP contribution >= 0.6 is 0 Å². The van der Waals surface area contributed by atoms with Gasteiger partial charge in [-0.05, 0) is 30.9 Å². The molecule has 1 N–H and O–H groups in total. The van der Waals surface area contributed by atoms with E-state index >= 15 is 0 Å². The molecule has 1 aromatic carbocycles. The highest BCUT2D eigenvalue weighted by molar-refractivity contribution is 6.10. The molecule has 114 valence electrons. The minimum atomic E-state index is -4.54. The van der Waals surface area contributed by atoms with E-state index in [1.165, 1.54) is 18.2 Å². The van der Waals surface area contributed by atoms with Crippen LogP contribution in [0.3, 0.4) is 0 Å². The van der Waals surface area contributed by atoms with E-state index in [1.54, 1.807) is 0 Å². The van der Waals surface area contributed by atoms with E-state index in [0.29, 0.717) is 12.5 Å². The van der Waals surface area contributed by atoms with Gasteiger partial charge >= 0.3 is 6.18 Å². The number of rotatable bonds is 5. The second kappa shape index (κ2) is 6.35. The standard InChI is InChI=1S/C14H11F3N4O/c15-14(16,17)10-3-11(20-21-12(6-18)7-19)5-13(4-10)22-8-9-1-2-9/h3-5,9,20H,1-2,8H2. The van der Waals surface area contributed by atoms with Gasteiger partial charge < -0.3 is 4.74 Å². The lowest BCUT2D eigenvalue weighted by molar-refractivity contribution is -0.137. The highest BCUT2D eigenvalue weighted by atomic mass is 19.4. The number of halogens is 3. The fourth-order valence-corrected chi connectivity index (χ4v) is 1.60. The first-order valence-corrected chi connectivity index (χ1v) is 6.41. The second-order valence-corrected chi connectivity index (χ2v) is 4.79. The second-order valence-electron chi connectivity index (χ2n) is 4.79. The molecule has 0 spiro atoms. The van der Waals surface area contributed by atoms with E-state index in [9.17, 15) is 13.2 Å². The minimum Gasteiger partial charge on any atom is -0.493 e. The van der Waals surface area contributed by atoms with E-state index in [2.05, 4.69) is 10.5 Å². The molecule has 1 aliphatic rings. The van der Waals surface area contributed by atoms with Gasteiger partial charge in [0.2, 0.25) is 5.71 Å². The normalized spacial score (nSPS) is 13.7. The third-order valence-corrected chi connectivity index (χ3v) is 2.93. The van der Waals surface area contributed by atoms with Crippen LogP contribution < -0.4 is 10.2 Å². The summed E-state index contributed by atoms with van der Waals surface area (Å²) in [7, 11) is 0. The molecule has 0 amide bonds. The summed E-state index contributed by atoms with van der Waals surface area (Å²) in [5.41, 5.74) is 0.873. The number of nitriles is 2. The van der Waals surface area contributed by atoms with Gasteiger partial charge in [0.15, 0.2) is 0 Å². The molecule has 8 heteroatoms. The Balaban J connectivity index is 2.23. The Morgan fingerprint density at radius 2 is 1.95 bits per heavy atom. The summed E-state index contributed by atoms with van der Waals surface area (Å²) >= 11 is 0. The van der Waals surface area contributed by atoms with Gasteiger partial charge in [0.25, 0.3) is 0 Å². The van der Waals surface area contributed by atoms with Crippen molar-refractivity contribution in [1.29, 1.82) is 10.5 Å². The molecular weight excluding hydrogens is 297 g/mol. The number of benzene rings is 1. The number of hydrazone groups is 1. The van der Waals surface area contributed by atoms with Crippen molar-refractivity contribution in [3.05, 3.63) is 23.8 Å². The summed E-state index contributed by atoms with van der Waals surface area (Å²) in [5, 5.41) is 20.5. The molecule has 0 heterocycles. The molecule has 0 atom stereocenters. The molecule has 0 aliphatic heterocycles. The van der Waals surface area contributed by atoms with Crippen LogP contribution in [-0.2, 0) is 6.18 Å². The zero-order valence-electron chi connectivity index (χ0n) is 11.3. The maximum Gasteiger partial charge on any atom is 0.416 e. The van der Waals surface area contributed by atoms with Gasteiger partial charge in [-0.25, -0.2) is 0 Å². The number of nitrogens with one attached hydrogen (secondary N) is 1. The number of hydrogen-bond donors (Lipinski definition) is 1. The summed E-state index contributed by atoms with van der Waals surface area (Å²) < 4.78 is 43.9. The smallest absolute Gasteiger partial charge is 0.416 e. The number of hydrogen-bond acceptors (Lipinski definition) is 5. The SMILES string of the molecule is N#CC(C#N)=NNc1cc(OCC2CC2)cc(C(F)(F)F)c1. The number of ether oxygens (including phenoxy) is 1. The average molecular weight is 308 g/mol. The lowest BCUT2D eigenvalue weighted by atomic mass is 10.2. The Morgan fingerprint density at radius 3 is 2.50 bits per heavy atom. The van der Waals surface area contributed by atoms with Crippen LogP contribution in [0.25, 0.3) is 0 Å². The molecule has 0 unspecified atom stereocenters. The van der Waals surface area contributed by atoms with Gasteiger partial charge in [-0.1, -0.05) is 0 Å². The summed E-state index contributed by atoms with van der Waals surface area (Å²) in [6.07, 6.45) is -2.50. The maximum atomic E-state index is 12.9. The molecular formula is C14H11F3N4O. The van der Waals surface area contributed by atoms with Crippen LogP contribution in [0.5, 0.6) is 5.75 Å². The fraction of sp³-hybridized carbons (Fsp3) is 0.357. The van der Waals surface area contributed by atoms with Gasteiger partial charge in [-0.3, -0.25) is 5.43 Å². The first kappa shape index (κ1) is 15.6. The molecule has 0 aromatic heterocycles. The largest absolute Gasteiger partial charge is 0.493 e. The molecule has 0 bridgehead atoms. The van der Waals surface area contributed by atoms with Crippen molar-refractivity contribution in [3.63, 3.8) is 0 Å². The fourth-order valence-electron chi connectivity index (χ4n) is 1.60. The molecule has 1 aliphatic carbocycles. The first-order chi connectivity index (χ1) is 10.4. The van der Waals surface area contributed by atoms with Crippen LogP contribution in [0.15, 0.2) is 23.3 Å². The Kier molecular flexibility index (Phi) is 4.52. The van der Waals surface area contributed by atoms with Gasteiger partial charge in [-0.15, -0.1) is 0 Å². The maximum absolute atomic E-state index is 12.9. The number of alkyl halides is 3. The molecule has 1 saturated carbocycles. The third kappa shape index (κ3) is 4.38. The molecule has 1 fully saturated rings. The van der Waals surface area contributed by atoms with Crippen LogP contribution in [0, 0.1) is 28.6 Å². The predicted molar refractivity (Wildman–Crippen MR) is 71.9 cm³/mol. The Morgan fingerprint density at radius 1 is 1.27 bits per heavy atom. The van der Waals surface area contributed by atoms with Gasteiger partial charge in [0, 0.05) is 6.07 Å². The number of anilines is 1. The van der Waals surface area contributed by atoms with Gasteiger partial charge in [0.1, 0.15) is 17.9 Å². The van der Waals surface area contributed by atoms with Crippen LogP contribution in [0.1, 0.15) is 18.4 Å². The van der Waals surface area contributed by atoms with Crippen molar-refractivity contribution in [2.45, 2.75) is 19.0 Å². The molecule has 0 saturated heterocycles. The highest BCUT2D eigenvalue weighted by Gasteiger charge is 2.32. The quantitative estimate of drug-likeness (QED) is 0.668. The minimum absolute atomic E-state index is 0.0105. The Bertz CT molecular complexity index is 650. The van der Waals surface area contributed by atoms with E-state index in [-0.39, 0.29) is 11.4 Å². The summed E-state index contributed by atoms with van der Waals surface area (Å²) in [6.45, 7) is 0.367. The molecule has 5 nitrogen and oxygen atoms in total. The number of nitrogens with zero attached hydrogens (tertiary/aromatic N) is 3. The van der Waals surface area contributed by atoms with E-state index in [4.69, 9.17) is 15.3 Å². The van der Waals surface area contributed by atoms with Crippen molar-refractivity contribution in [2.75, 3.05) is 12.0 Å². The van der Waals surface area contributed by atoms with Gasteiger partial charge in [0.05, 0.1) is 17.9 Å². The monoisotopic (exact) mass is 308 g/mol. The zero-order valence-corrected chi connectivity index (χ0v) is 11.3. The lowest BCUT2D eigenvalue weighted by Gasteiger charge is -2.12.